The maximum absolute atomic E-state index is 6.32. The van der Waals surface area contributed by atoms with Crippen LogP contribution in [0.4, 0.5) is 0 Å². The summed E-state index contributed by atoms with van der Waals surface area (Å²) in [6.45, 7) is 14.1. The third kappa shape index (κ3) is 11.9. The molecule has 0 fully saturated rings. The molecule has 0 aliphatic carbocycles. The van der Waals surface area contributed by atoms with Gasteiger partial charge in [0, 0.05) is 0 Å². The summed E-state index contributed by atoms with van der Waals surface area (Å²) in [7, 11) is -4.46. The minimum atomic E-state index is -4.46. The fraction of sp³-hybridized carbons (Fsp3) is 1.00. The zero-order valence-corrected chi connectivity index (χ0v) is 24.8. The Morgan fingerprint density at radius 1 is 0.324 bits per heavy atom. The molecule has 0 spiro atoms. The Morgan fingerprint density at radius 2 is 0.559 bits per heavy atom. The molecule has 0 saturated heterocycles. The molecule has 0 heterocycles. The van der Waals surface area contributed by atoms with E-state index >= 15 is 0 Å². The van der Waals surface area contributed by atoms with E-state index < -0.39 is 9.70 Å². The first-order chi connectivity index (χ1) is 16.5. The molecule has 0 rings (SSSR count). The van der Waals surface area contributed by atoms with Gasteiger partial charge in [-0.2, -0.15) is 0 Å². The summed E-state index contributed by atoms with van der Waals surface area (Å²) < 4.78 is 31.6. The monoisotopic (exact) mass is 510 g/mol. The smallest absolute Gasteiger partial charge is 0.122 e. The van der Waals surface area contributed by atoms with E-state index in [4.69, 9.17) is 20.9 Å². The van der Waals surface area contributed by atoms with Gasteiger partial charge in [-0.15, -0.1) is 0 Å². The summed E-state index contributed by atoms with van der Waals surface area (Å²) in [5.41, 5.74) is 0. The third-order valence-electron chi connectivity index (χ3n) is 6.38. The highest BCUT2D eigenvalue weighted by Crippen LogP contribution is 2.93. The topological polar surface area (TPSA) is 46.2 Å². The minimum absolute atomic E-state index is 0.417. The Balaban J connectivity index is 4.32. The summed E-state index contributed by atoms with van der Waals surface area (Å²) in [6, 6.07) is 0. The maximum Gasteiger partial charge on any atom is 0.122 e. The molecule has 0 aromatic rings. The predicted octanol–water partition coefficient (Wildman–Crippen LogP) is 9.88. The van der Waals surface area contributed by atoms with E-state index in [1.54, 1.807) is 0 Å². The Kier molecular flexibility index (Phi) is 19.4. The summed E-state index contributed by atoms with van der Waals surface area (Å²) in [5.74, 6) is 0.510. The molecule has 0 aromatic carbocycles. The summed E-state index contributed by atoms with van der Waals surface area (Å²) in [5, 5.41) is 0. The van der Waals surface area contributed by atoms with Crippen LogP contribution in [0.15, 0.2) is 0 Å². The van der Waals surface area contributed by atoms with Crippen LogP contribution in [0.5, 0.6) is 0 Å². The van der Waals surface area contributed by atoms with Crippen molar-refractivity contribution in [1.29, 1.82) is 0 Å². The first kappa shape index (κ1) is 34.1. The van der Waals surface area contributed by atoms with Crippen LogP contribution in [0.2, 0.25) is 0 Å². The molecule has 0 N–H and O–H groups in total. The van der Waals surface area contributed by atoms with Crippen molar-refractivity contribution in [3.8, 4) is 0 Å². The first-order valence-electron chi connectivity index (χ1n) is 14.8. The van der Waals surface area contributed by atoms with Crippen molar-refractivity contribution in [2.75, 3.05) is 38.8 Å². The van der Waals surface area contributed by atoms with Crippen LogP contribution in [0.1, 0.15) is 144 Å². The number of hydrogen-bond donors (Lipinski definition) is 0. The van der Waals surface area contributed by atoms with Crippen molar-refractivity contribution < 1.29 is 20.9 Å². The van der Waals surface area contributed by atoms with E-state index in [1.165, 1.54) is 89.9 Å². The van der Waals surface area contributed by atoms with Crippen molar-refractivity contribution in [2.45, 2.75) is 144 Å². The van der Waals surface area contributed by atoms with Crippen LogP contribution < -0.4 is 0 Å². The van der Waals surface area contributed by atoms with Gasteiger partial charge in [0.15, 0.2) is 0 Å². The quantitative estimate of drug-likeness (QED) is 0.103. The molecule has 0 aliphatic rings. The first-order valence-corrected chi connectivity index (χ1v) is 17.1. The molecule has 0 aromatic heterocycles. The van der Waals surface area contributed by atoms with Crippen molar-refractivity contribution in [2.24, 2.45) is 0 Å². The second-order valence-electron chi connectivity index (χ2n) is 9.31. The van der Waals surface area contributed by atoms with Crippen molar-refractivity contribution >= 4 is 9.70 Å². The predicted molar refractivity (Wildman–Crippen MR) is 150 cm³/mol. The average Bonchev–Trinajstić information content (AvgIpc) is 2.80. The molecule has 6 heteroatoms. The lowest BCUT2D eigenvalue weighted by atomic mass is 10.0. The van der Waals surface area contributed by atoms with E-state index in [1.807, 2.05) is 34.6 Å². The van der Waals surface area contributed by atoms with Gasteiger partial charge < -0.3 is 0 Å². The molecular formula is C28H62O5S. The second kappa shape index (κ2) is 19.3. The van der Waals surface area contributed by atoms with Crippen LogP contribution in [-0.2, 0) is 20.9 Å². The Morgan fingerprint density at radius 3 is 0.794 bits per heavy atom. The molecule has 0 unspecified atom stereocenters. The van der Waals surface area contributed by atoms with Gasteiger partial charge in [0.25, 0.3) is 0 Å². The fourth-order valence-electron chi connectivity index (χ4n) is 4.96. The van der Waals surface area contributed by atoms with Crippen molar-refractivity contribution in [3.63, 3.8) is 0 Å². The average molecular weight is 511 g/mol. The normalized spacial score (nSPS) is 14.3. The van der Waals surface area contributed by atoms with Gasteiger partial charge in [-0.1, -0.05) is 103 Å². The SMILES string of the molecule is CCCCCCCCCCCCCCCCCCS(OCC)(OCC)(OCC)(OCC)OCC. The Labute approximate surface area is 213 Å². The highest BCUT2D eigenvalue weighted by atomic mass is 32.4. The maximum atomic E-state index is 6.32. The molecule has 0 atom stereocenters. The van der Waals surface area contributed by atoms with Gasteiger partial charge in [-0.25, -0.2) is 0 Å². The third-order valence-corrected chi connectivity index (χ3v) is 11.4. The van der Waals surface area contributed by atoms with Crippen LogP contribution in [0.25, 0.3) is 0 Å². The van der Waals surface area contributed by atoms with Crippen LogP contribution >= 0.6 is 9.70 Å². The van der Waals surface area contributed by atoms with Gasteiger partial charge in [0.2, 0.25) is 0 Å². The highest BCUT2D eigenvalue weighted by Gasteiger charge is 2.64. The van der Waals surface area contributed by atoms with Crippen molar-refractivity contribution in [1.82, 2.24) is 0 Å². The highest BCUT2D eigenvalue weighted by molar-refractivity contribution is 8.47. The standard InChI is InChI=1S/C28H62O5S/c1-7-13-14-15-16-17-18-19-20-21-22-23-24-25-26-27-28-34(29-8-2,30-9-3,31-10-4,32-11-5)33-12-6/h7-28H2,1-6H3. The largest absolute Gasteiger partial charge is 0.276 e. The zero-order chi connectivity index (χ0) is 25.5. The lowest BCUT2D eigenvalue weighted by Gasteiger charge is -2.74. The summed E-state index contributed by atoms with van der Waals surface area (Å²) >= 11 is 0. The van der Waals surface area contributed by atoms with Gasteiger partial charge in [0.1, 0.15) is 9.70 Å². The van der Waals surface area contributed by atoms with Gasteiger partial charge >= 0.3 is 0 Å². The van der Waals surface area contributed by atoms with E-state index in [0.717, 1.165) is 12.8 Å². The van der Waals surface area contributed by atoms with E-state index in [9.17, 15) is 0 Å². The molecule has 0 amide bonds. The van der Waals surface area contributed by atoms with Gasteiger partial charge in [-0.3, -0.25) is 20.9 Å². The number of rotatable bonds is 27. The molecule has 34 heavy (non-hydrogen) atoms. The van der Waals surface area contributed by atoms with Gasteiger partial charge in [-0.05, 0) is 41.0 Å². The number of unbranched alkanes of at least 4 members (excludes halogenated alkanes) is 15. The van der Waals surface area contributed by atoms with E-state index in [-0.39, 0.29) is 0 Å². The fourth-order valence-corrected chi connectivity index (χ4v) is 9.78. The minimum Gasteiger partial charge on any atom is -0.276 e. The van der Waals surface area contributed by atoms with Crippen LogP contribution in [0, 0.1) is 0 Å². The van der Waals surface area contributed by atoms with Crippen LogP contribution in [-0.4, -0.2) is 38.8 Å². The molecule has 0 aliphatic heterocycles. The molecule has 0 saturated carbocycles. The summed E-state index contributed by atoms with van der Waals surface area (Å²) in [6.07, 6.45) is 21.3. The lowest BCUT2D eigenvalue weighted by Crippen LogP contribution is -2.50. The lowest BCUT2D eigenvalue weighted by molar-refractivity contribution is -0.0273. The molecule has 5 nitrogen and oxygen atoms in total. The zero-order valence-electron chi connectivity index (χ0n) is 24.0. The van der Waals surface area contributed by atoms with Gasteiger partial charge in [0.05, 0.1) is 38.8 Å². The molecule has 210 valence electrons. The second-order valence-corrected chi connectivity index (χ2v) is 13.4. The van der Waals surface area contributed by atoms with Crippen LogP contribution in [0.3, 0.4) is 0 Å². The van der Waals surface area contributed by atoms with E-state index in [2.05, 4.69) is 6.92 Å². The Bertz CT molecular complexity index is 412. The molecule has 0 radical (unpaired) electrons. The molecule has 0 bridgehead atoms. The molecular weight excluding hydrogens is 448 g/mol. The number of hydrogen-bond acceptors (Lipinski definition) is 5. The summed E-state index contributed by atoms with van der Waals surface area (Å²) in [4.78, 5) is 0. The van der Waals surface area contributed by atoms with Crippen molar-refractivity contribution in [3.05, 3.63) is 0 Å². The van der Waals surface area contributed by atoms with E-state index in [0.29, 0.717) is 38.8 Å². The Hall–Kier alpha value is 0.150.